The third kappa shape index (κ3) is 11.0. The van der Waals surface area contributed by atoms with E-state index >= 15 is 0 Å². The molecule has 11 nitrogen and oxygen atoms in total. The highest BCUT2D eigenvalue weighted by molar-refractivity contribution is 7.91. The van der Waals surface area contributed by atoms with E-state index in [0.29, 0.717) is 18.9 Å². The molecule has 5 N–H and O–H groups in total. The van der Waals surface area contributed by atoms with E-state index in [1.165, 1.54) is 31.5 Å². The highest BCUT2D eigenvalue weighted by Gasteiger charge is 2.35. The van der Waals surface area contributed by atoms with Crippen molar-refractivity contribution in [2.24, 2.45) is 0 Å². The molecular formula is C32H38F2N4O7S. The molecule has 5 unspecified atom stereocenters. The average molecular weight is 661 g/mol. The molecule has 0 saturated heterocycles. The number of amides is 3. The zero-order chi connectivity index (χ0) is 33.9. The number of rotatable bonds is 16. The van der Waals surface area contributed by atoms with Gasteiger partial charge in [0.2, 0.25) is 5.91 Å². The summed E-state index contributed by atoms with van der Waals surface area (Å²) in [5.41, 5.74) is 0.339. The molecule has 0 aliphatic rings. The number of hydrogen-bond acceptors (Lipinski definition) is 8. The minimum absolute atomic E-state index is 0.00142. The number of aromatic nitrogens is 1. The van der Waals surface area contributed by atoms with Crippen LogP contribution in [-0.4, -0.2) is 83.2 Å². The Bertz CT molecular complexity index is 1560. The lowest BCUT2D eigenvalue weighted by Gasteiger charge is -2.32. The number of pyridine rings is 1. The van der Waals surface area contributed by atoms with E-state index in [4.69, 9.17) is 0 Å². The van der Waals surface area contributed by atoms with Gasteiger partial charge in [0.05, 0.1) is 29.2 Å². The summed E-state index contributed by atoms with van der Waals surface area (Å²) >= 11 is 0. The van der Waals surface area contributed by atoms with Crippen LogP contribution < -0.4 is 16.0 Å². The van der Waals surface area contributed by atoms with E-state index < -0.39 is 81.7 Å². The van der Waals surface area contributed by atoms with Crippen molar-refractivity contribution >= 4 is 27.6 Å². The van der Waals surface area contributed by atoms with Crippen molar-refractivity contribution in [1.29, 1.82) is 0 Å². The maximum atomic E-state index is 14.0. The number of carbonyl (C=O) groups excluding carboxylic acids is 3. The fourth-order valence-electron chi connectivity index (χ4n) is 4.65. The molecule has 0 fully saturated rings. The van der Waals surface area contributed by atoms with Gasteiger partial charge in [0, 0.05) is 24.0 Å². The zero-order valence-corrected chi connectivity index (χ0v) is 26.2. The SMILES string of the molecule is CCCCS(=O)(=O)CC(NC(=O)c1cccnc1)C(=O)NC(Cc1cc(F)cc(F)c1)C(O)C(O)C(C)NC(=O)c1ccccc1. The molecule has 0 radical (unpaired) electrons. The largest absolute Gasteiger partial charge is 0.388 e. The van der Waals surface area contributed by atoms with Crippen LogP contribution in [0.15, 0.2) is 73.1 Å². The molecule has 0 spiro atoms. The third-order valence-corrected chi connectivity index (χ3v) is 8.90. The lowest BCUT2D eigenvalue weighted by Crippen LogP contribution is -2.59. The van der Waals surface area contributed by atoms with Crippen LogP contribution in [-0.2, 0) is 21.1 Å². The summed E-state index contributed by atoms with van der Waals surface area (Å²) in [4.78, 5) is 43.1. The van der Waals surface area contributed by atoms with Crippen molar-refractivity contribution < 1.29 is 41.8 Å². The minimum Gasteiger partial charge on any atom is -0.388 e. The van der Waals surface area contributed by atoms with Crippen molar-refractivity contribution in [3.05, 3.63) is 101 Å². The Morgan fingerprint density at radius 2 is 1.50 bits per heavy atom. The Kier molecular flexibility index (Phi) is 13.3. The molecule has 248 valence electrons. The first-order chi connectivity index (χ1) is 21.8. The number of sulfone groups is 1. The van der Waals surface area contributed by atoms with Gasteiger partial charge in [-0.05, 0) is 61.7 Å². The van der Waals surface area contributed by atoms with Gasteiger partial charge in [-0.25, -0.2) is 17.2 Å². The number of nitrogens with zero attached hydrogens (tertiary/aromatic N) is 1. The molecule has 0 bridgehead atoms. The second-order valence-electron chi connectivity index (χ2n) is 10.9. The molecular weight excluding hydrogens is 622 g/mol. The average Bonchev–Trinajstić information content (AvgIpc) is 3.02. The van der Waals surface area contributed by atoms with Crippen molar-refractivity contribution in [2.45, 2.75) is 63.4 Å². The Morgan fingerprint density at radius 3 is 2.11 bits per heavy atom. The van der Waals surface area contributed by atoms with Crippen LogP contribution in [0, 0.1) is 11.6 Å². The van der Waals surface area contributed by atoms with E-state index in [2.05, 4.69) is 20.9 Å². The molecule has 1 aromatic heterocycles. The van der Waals surface area contributed by atoms with E-state index in [9.17, 15) is 41.8 Å². The van der Waals surface area contributed by atoms with Gasteiger partial charge in [-0.3, -0.25) is 19.4 Å². The van der Waals surface area contributed by atoms with Crippen LogP contribution >= 0.6 is 0 Å². The minimum atomic E-state index is -3.86. The van der Waals surface area contributed by atoms with E-state index in [-0.39, 0.29) is 22.4 Å². The summed E-state index contributed by atoms with van der Waals surface area (Å²) in [5.74, 6) is -5.27. The number of benzene rings is 2. The van der Waals surface area contributed by atoms with Gasteiger partial charge in [-0.2, -0.15) is 0 Å². The maximum absolute atomic E-state index is 14.0. The van der Waals surface area contributed by atoms with Gasteiger partial charge in [0.1, 0.15) is 29.9 Å². The molecule has 14 heteroatoms. The Morgan fingerprint density at radius 1 is 0.870 bits per heavy atom. The molecule has 3 amide bonds. The van der Waals surface area contributed by atoms with Gasteiger partial charge in [0.25, 0.3) is 11.8 Å². The van der Waals surface area contributed by atoms with Crippen LogP contribution in [0.5, 0.6) is 0 Å². The fourth-order valence-corrected chi connectivity index (χ4v) is 6.28. The van der Waals surface area contributed by atoms with Gasteiger partial charge >= 0.3 is 0 Å². The number of hydrogen-bond donors (Lipinski definition) is 5. The highest BCUT2D eigenvalue weighted by atomic mass is 32.2. The number of aliphatic hydroxyl groups is 2. The zero-order valence-electron chi connectivity index (χ0n) is 25.4. The molecule has 2 aromatic carbocycles. The first-order valence-electron chi connectivity index (χ1n) is 14.7. The van der Waals surface area contributed by atoms with Gasteiger partial charge in [-0.15, -0.1) is 0 Å². The standard InChI is InChI=1S/C32H38F2N4O7S/c1-3-4-13-46(44,45)19-27(38-31(42)23-11-8-12-35-18-23)32(43)37-26(16-21-14-24(33)17-25(34)15-21)29(40)28(39)20(2)36-30(41)22-9-6-5-7-10-22/h5-12,14-15,17-18,20,26-29,39-40H,3-4,13,16,19H2,1-2H3,(H,36,41)(H,37,43)(H,38,42). The van der Waals surface area contributed by atoms with Gasteiger partial charge in [0.15, 0.2) is 9.84 Å². The van der Waals surface area contributed by atoms with Crippen molar-refractivity contribution in [2.75, 3.05) is 11.5 Å². The summed E-state index contributed by atoms with van der Waals surface area (Å²) in [5, 5.41) is 29.7. The van der Waals surface area contributed by atoms with Gasteiger partial charge in [-0.1, -0.05) is 31.5 Å². The smallest absolute Gasteiger partial charge is 0.253 e. The normalized spacial score (nSPS) is 14.7. The Labute approximate surface area is 266 Å². The van der Waals surface area contributed by atoms with Crippen molar-refractivity contribution in [3.8, 4) is 0 Å². The number of halogens is 2. The van der Waals surface area contributed by atoms with Crippen LogP contribution in [0.4, 0.5) is 8.78 Å². The molecule has 3 rings (SSSR count). The highest BCUT2D eigenvalue weighted by Crippen LogP contribution is 2.16. The number of carbonyl (C=O) groups is 3. The second kappa shape index (κ2) is 16.9. The van der Waals surface area contributed by atoms with E-state index in [0.717, 1.165) is 12.1 Å². The first kappa shape index (κ1) is 36.2. The monoisotopic (exact) mass is 660 g/mol. The molecule has 0 aliphatic heterocycles. The molecule has 0 aliphatic carbocycles. The van der Waals surface area contributed by atoms with Gasteiger partial charge < -0.3 is 26.2 Å². The second-order valence-corrected chi connectivity index (χ2v) is 13.2. The molecule has 46 heavy (non-hydrogen) atoms. The van der Waals surface area contributed by atoms with Crippen molar-refractivity contribution in [3.63, 3.8) is 0 Å². The molecule has 5 atom stereocenters. The number of unbranched alkanes of at least 4 members (excludes halogenated alkanes) is 1. The molecule has 1 heterocycles. The molecule has 3 aromatic rings. The van der Waals surface area contributed by atoms with Crippen LogP contribution in [0.3, 0.4) is 0 Å². The van der Waals surface area contributed by atoms with E-state index in [1.807, 2.05) is 0 Å². The lowest BCUT2D eigenvalue weighted by molar-refractivity contribution is -0.125. The fraction of sp³-hybridized carbons (Fsp3) is 0.375. The van der Waals surface area contributed by atoms with Crippen molar-refractivity contribution in [1.82, 2.24) is 20.9 Å². The maximum Gasteiger partial charge on any atom is 0.253 e. The summed E-state index contributed by atoms with van der Waals surface area (Å²) in [6, 6.07) is 9.34. The topological polar surface area (TPSA) is 175 Å². The first-order valence-corrected chi connectivity index (χ1v) is 16.5. The predicted octanol–water partition coefficient (Wildman–Crippen LogP) is 1.94. The Hall–Kier alpha value is -4.27. The molecule has 0 saturated carbocycles. The van der Waals surface area contributed by atoms with E-state index in [1.54, 1.807) is 37.3 Å². The third-order valence-electron chi connectivity index (χ3n) is 7.15. The summed E-state index contributed by atoms with van der Waals surface area (Å²) in [6.45, 7) is 3.20. The summed E-state index contributed by atoms with van der Waals surface area (Å²) in [7, 11) is -3.86. The lowest BCUT2D eigenvalue weighted by atomic mass is 9.94. The Balaban J connectivity index is 1.89. The number of aliphatic hydroxyl groups excluding tert-OH is 2. The predicted molar refractivity (Wildman–Crippen MR) is 166 cm³/mol. The quantitative estimate of drug-likeness (QED) is 0.155. The van der Waals surface area contributed by atoms with Crippen LogP contribution in [0.1, 0.15) is 53.0 Å². The van der Waals surface area contributed by atoms with Crippen LogP contribution in [0.2, 0.25) is 0 Å². The summed E-state index contributed by atoms with van der Waals surface area (Å²) in [6.07, 6.45) is -0.439. The van der Waals surface area contributed by atoms with Crippen LogP contribution in [0.25, 0.3) is 0 Å². The summed E-state index contributed by atoms with van der Waals surface area (Å²) < 4.78 is 53.8. The number of nitrogens with one attached hydrogen (secondary N) is 3.